The van der Waals surface area contributed by atoms with Crippen molar-refractivity contribution in [2.75, 3.05) is 25.1 Å². The van der Waals surface area contributed by atoms with Crippen LogP contribution in [-0.2, 0) is 11.2 Å². The highest BCUT2D eigenvalue weighted by Crippen LogP contribution is 2.26. The second-order valence-corrected chi connectivity index (χ2v) is 6.31. The minimum Gasteiger partial charge on any atom is -0.379 e. The van der Waals surface area contributed by atoms with E-state index in [0.717, 1.165) is 36.9 Å². The lowest BCUT2D eigenvalue weighted by Gasteiger charge is -2.35. The van der Waals surface area contributed by atoms with Gasteiger partial charge in [0.1, 0.15) is 5.82 Å². The van der Waals surface area contributed by atoms with E-state index in [0.29, 0.717) is 17.9 Å². The van der Waals surface area contributed by atoms with E-state index in [-0.39, 0.29) is 0 Å². The van der Waals surface area contributed by atoms with Crippen LogP contribution in [0.5, 0.6) is 0 Å². The number of aromatic nitrogens is 2. The maximum atomic E-state index is 5.54. The number of ether oxygens (including phenoxy) is 1. The van der Waals surface area contributed by atoms with Crippen LogP contribution < -0.4 is 4.90 Å². The Labute approximate surface area is 114 Å². The van der Waals surface area contributed by atoms with Crippen LogP contribution in [0.4, 0.5) is 5.13 Å². The Hall–Kier alpha value is -0.680. The smallest absolute Gasteiger partial charge is 0.205 e. The van der Waals surface area contributed by atoms with Crippen molar-refractivity contribution in [3.05, 3.63) is 5.82 Å². The first-order valence-electron chi connectivity index (χ1n) is 6.70. The number of piperidine rings is 1. The van der Waals surface area contributed by atoms with Crippen molar-refractivity contribution in [3.63, 3.8) is 0 Å². The van der Waals surface area contributed by atoms with Crippen LogP contribution in [0.25, 0.3) is 0 Å². The minimum atomic E-state index is 0.316. The molecule has 0 N–H and O–H groups in total. The molecule has 5 heteroatoms. The summed E-state index contributed by atoms with van der Waals surface area (Å²) in [5.74, 6) is 2.23. The Morgan fingerprint density at radius 2 is 2.28 bits per heavy atom. The highest BCUT2D eigenvalue weighted by molar-refractivity contribution is 7.09. The Morgan fingerprint density at radius 3 is 2.94 bits per heavy atom. The van der Waals surface area contributed by atoms with Crippen LogP contribution in [0.1, 0.15) is 33.0 Å². The number of methoxy groups -OCH3 is 1. The van der Waals surface area contributed by atoms with E-state index in [2.05, 4.69) is 35.0 Å². The molecule has 1 aliphatic rings. The van der Waals surface area contributed by atoms with E-state index in [9.17, 15) is 0 Å². The lowest BCUT2D eigenvalue weighted by atomic mass is 9.96. The van der Waals surface area contributed by atoms with Crippen LogP contribution >= 0.6 is 11.5 Å². The van der Waals surface area contributed by atoms with Crippen molar-refractivity contribution >= 4 is 16.7 Å². The molecule has 1 saturated heterocycles. The molecule has 1 aliphatic heterocycles. The van der Waals surface area contributed by atoms with Gasteiger partial charge in [-0.05, 0) is 18.3 Å². The summed E-state index contributed by atoms with van der Waals surface area (Å²) in [7, 11) is 1.80. The molecule has 1 fully saturated rings. The highest BCUT2D eigenvalue weighted by atomic mass is 32.1. The fraction of sp³-hybridized carbons (Fsp3) is 0.846. The largest absolute Gasteiger partial charge is 0.379 e. The Kier molecular flexibility index (Phi) is 4.56. The standard InChI is InChI=1S/C13H23N3OS/c1-9(2)7-12-14-13(18-15-12)16-6-5-10(3)11(8-16)17-4/h9-11H,5-8H2,1-4H3. The summed E-state index contributed by atoms with van der Waals surface area (Å²) in [6.45, 7) is 8.66. The van der Waals surface area contributed by atoms with Crippen LogP contribution in [0, 0.1) is 11.8 Å². The topological polar surface area (TPSA) is 38.2 Å². The molecule has 1 aromatic heterocycles. The number of nitrogens with zero attached hydrogens (tertiary/aromatic N) is 3. The first-order chi connectivity index (χ1) is 8.60. The van der Waals surface area contributed by atoms with Gasteiger partial charge in [0.05, 0.1) is 6.10 Å². The van der Waals surface area contributed by atoms with Gasteiger partial charge in [-0.3, -0.25) is 0 Å². The number of hydrogen-bond donors (Lipinski definition) is 0. The molecule has 18 heavy (non-hydrogen) atoms. The van der Waals surface area contributed by atoms with E-state index < -0.39 is 0 Å². The van der Waals surface area contributed by atoms with Gasteiger partial charge in [0.15, 0.2) is 0 Å². The molecule has 2 atom stereocenters. The van der Waals surface area contributed by atoms with E-state index >= 15 is 0 Å². The predicted octanol–water partition coefficient (Wildman–Crippen LogP) is 2.60. The molecule has 0 bridgehead atoms. The highest BCUT2D eigenvalue weighted by Gasteiger charge is 2.27. The lowest BCUT2D eigenvalue weighted by Crippen LogP contribution is -2.43. The van der Waals surface area contributed by atoms with E-state index in [4.69, 9.17) is 4.74 Å². The summed E-state index contributed by atoms with van der Waals surface area (Å²) >= 11 is 1.52. The third kappa shape index (κ3) is 3.20. The van der Waals surface area contributed by atoms with Gasteiger partial charge in [-0.25, -0.2) is 4.98 Å². The van der Waals surface area contributed by atoms with Gasteiger partial charge in [0.25, 0.3) is 0 Å². The van der Waals surface area contributed by atoms with Crippen molar-refractivity contribution in [2.24, 2.45) is 11.8 Å². The zero-order valence-electron chi connectivity index (χ0n) is 11.7. The van der Waals surface area contributed by atoms with Crippen molar-refractivity contribution in [2.45, 2.75) is 39.7 Å². The van der Waals surface area contributed by atoms with Gasteiger partial charge in [0.2, 0.25) is 5.13 Å². The van der Waals surface area contributed by atoms with E-state index in [1.807, 2.05) is 0 Å². The molecule has 0 saturated carbocycles. The molecule has 0 aromatic carbocycles. The quantitative estimate of drug-likeness (QED) is 0.842. The maximum Gasteiger partial charge on any atom is 0.205 e. The summed E-state index contributed by atoms with van der Waals surface area (Å²) < 4.78 is 9.99. The van der Waals surface area contributed by atoms with Gasteiger partial charge < -0.3 is 9.64 Å². The van der Waals surface area contributed by atoms with Crippen LogP contribution in [-0.4, -0.2) is 35.7 Å². The van der Waals surface area contributed by atoms with E-state index in [1.165, 1.54) is 11.5 Å². The maximum absolute atomic E-state index is 5.54. The summed E-state index contributed by atoms with van der Waals surface area (Å²) in [5.41, 5.74) is 0. The normalized spacial score (nSPS) is 24.8. The number of hydrogen-bond acceptors (Lipinski definition) is 5. The first-order valence-corrected chi connectivity index (χ1v) is 7.47. The lowest BCUT2D eigenvalue weighted by molar-refractivity contribution is 0.0498. The fourth-order valence-electron chi connectivity index (χ4n) is 2.34. The summed E-state index contributed by atoms with van der Waals surface area (Å²) in [4.78, 5) is 6.96. The molecular weight excluding hydrogens is 246 g/mol. The SMILES string of the molecule is COC1CN(c2nc(CC(C)C)ns2)CCC1C. The average Bonchev–Trinajstić information content (AvgIpc) is 2.77. The number of anilines is 1. The van der Waals surface area contributed by atoms with Crippen molar-refractivity contribution in [3.8, 4) is 0 Å². The van der Waals surface area contributed by atoms with Gasteiger partial charge in [-0.15, -0.1) is 0 Å². The second kappa shape index (κ2) is 5.97. The van der Waals surface area contributed by atoms with Crippen LogP contribution in [0.15, 0.2) is 0 Å². The molecule has 102 valence electrons. The van der Waals surface area contributed by atoms with Crippen LogP contribution in [0.3, 0.4) is 0 Å². The molecule has 0 amide bonds. The summed E-state index contributed by atoms with van der Waals surface area (Å²) in [6.07, 6.45) is 2.45. The molecule has 0 spiro atoms. The van der Waals surface area contributed by atoms with E-state index in [1.54, 1.807) is 7.11 Å². The first kappa shape index (κ1) is 13.7. The van der Waals surface area contributed by atoms with Gasteiger partial charge >= 0.3 is 0 Å². The minimum absolute atomic E-state index is 0.316. The van der Waals surface area contributed by atoms with Crippen molar-refractivity contribution < 1.29 is 4.74 Å². The van der Waals surface area contributed by atoms with Crippen LogP contribution in [0.2, 0.25) is 0 Å². The predicted molar refractivity (Wildman–Crippen MR) is 75.2 cm³/mol. The summed E-state index contributed by atoms with van der Waals surface area (Å²) in [6, 6.07) is 0. The molecule has 1 aromatic rings. The second-order valence-electron chi connectivity index (χ2n) is 5.58. The third-order valence-electron chi connectivity index (χ3n) is 3.51. The number of rotatable bonds is 4. The monoisotopic (exact) mass is 269 g/mol. The molecule has 2 unspecified atom stereocenters. The zero-order chi connectivity index (χ0) is 13.1. The molecular formula is C13H23N3OS. The Morgan fingerprint density at radius 1 is 1.50 bits per heavy atom. The van der Waals surface area contributed by atoms with Gasteiger partial charge in [-0.1, -0.05) is 20.8 Å². The average molecular weight is 269 g/mol. The summed E-state index contributed by atoms with van der Waals surface area (Å²) in [5, 5.41) is 1.06. The third-order valence-corrected chi connectivity index (χ3v) is 4.33. The molecule has 2 rings (SSSR count). The Balaban J connectivity index is 2.01. The fourth-order valence-corrected chi connectivity index (χ4v) is 3.07. The molecule has 2 heterocycles. The van der Waals surface area contributed by atoms with Crippen molar-refractivity contribution in [1.29, 1.82) is 0 Å². The van der Waals surface area contributed by atoms with Gasteiger partial charge in [-0.2, -0.15) is 4.37 Å². The van der Waals surface area contributed by atoms with Gasteiger partial charge in [0, 0.05) is 38.2 Å². The molecule has 4 nitrogen and oxygen atoms in total. The molecule has 0 aliphatic carbocycles. The molecule has 0 radical (unpaired) electrons. The Bertz CT molecular complexity index is 380. The van der Waals surface area contributed by atoms with Crippen molar-refractivity contribution in [1.82, 2.24) is 9.36 Å². The zero-order valence-corrected chi connectivity index (χ0v) is 12.5.